The molecule has 0 unspecified atom stereocenters. The van der Waals surface area contributed by atoms with Crippen molar-refractivity contribution in [2.24, 2.45) is 0 Å². The maximum Gasteiger partial charge on any atom is 0.274 e. The molecule has 1 aromatic rings. The molecule has 0 atom stereocenters. The van der Waals surface area contributed by atoms with Crippen LogP contribution in [0.3, 0.4) is 0 Å². The zero-order valence-electron chi connectivity index (χ0n) is 12.7. The molecule has 1 heterocycles. The lowest BCUT2D eigenvalue weighted by Crippen LogP contribution is -2.09. The molecule has 1 aliphatic rings. The van der Waals surface area contributed by atoms with Gasteiger partial charge in [0.15, 0.2) is 17.8 Å². The van der Waals surface area contributed by atoms with Crippen molar-refractivity contribution in [3.63, 3.8) is 0 Å². The lowest BCUT2D eigenvalue weighted by molar-refractivity contribution is -0.0367. The molecule has 1 aromatic carbocycles. The third kappa shape index (κ3) is 3.48. The number of hydrogen-bond acceptors (Lipinski definition) is 5. The Morgan fingerprint density at radius 1 is 1.05 bits per heavy atom. The van der Waals surface area contributed by atoms with Gasteiger partial charge < -0.3 is 23.7 Å². The summed E-state index contributed by atoms with van der Waals surface area (Å²) in [4.78, 5) is 0. The molecule has 22 heavy (non-hydrogen) atoms. The van der Waals surface area contributed by atoms with E-state index in [1.54, 1.807) is 0 Å². The van der Waals surface area contributed by atoms with Crippen molar-refractivity contribution in [3.05, 3.63) is 23.8 Å². The third-order valence-corrected chi connectivity index (χ3v) is 3.30. The van der Waals surface area contributed by atoms with Crippen LogP contribution in [0.2, 0.25) is 0 Å². The van der Waals surface area contributed by atoms with E-state index in [0.29, 0.717) is 30.5 Å². The molecule has 0 aliphatic carbocycles. The van der Waals surface area contributed by atoms with Gasteiger partial charge >= 0.3 is 0 Å². The minimum atomic E-state index is -1.80. The van der Waals surface area contributed by atoms with E-state index in [9.17, 15) is 8.78 Å². The molecule has 0 spiro atoms. The molecule has 0 aromatic heterocycles. The van der Waals surface area contributed by atoms with Crippen LogP contribution < -0.4 is 14.2 Å². The zero-order valence-corrected chi connectivity index (χ0v) is 12.7. The number of rotatable bonds is 6. The predicted octanol–water partition coefficient (Wildman–Crippen LogP) is 3.08. The van der Waals surface area contributed by atoms with Crippen molar-refractivity contribution in [2.75, 3.05) is 34.5 Å². The van der Waals surface area contributed by atoms with Gasteiger partial charge in [0.2, 0.25) is 5.75 Å². The van der Waals surface area contributed by atoms with Gasteiger partial charge in [0, 0.05) is 12.0 Å². The molecule has 0 N–H and O–H groups in total. The monoisotopic (exact) mass is 316 g/mol. The Bertz CT molecular complexity index is 524. The molecular formula is C15H18F2O5. The Hall–Kier alpha value is -1.86. The largest absolute Gasteiger partial charge is 0.493 e. The summed E-state index contributed by atoms with van der Waals surface area (Å²) in [6.45, 7) is 0.808. The fraction of sp³-hybridized carbons (Fsp3) is 0.467. The van der Waals surface area contributed by atoms with Crippen LogP contribution in [0.15, 0.2) is 18.2 Å². The van der Waals surface area contributed by atoms with Crippen LogP contribution in [-0.4, -0.2) is 40.8 Å². The van der Waals surface area contributed by atoms with Gasteiger partial charge in [-0.05, 0) is 17.7 Å². The lowest BCUT2D eigenvalue weighted by atomic mass is 10.0. The average molecular weight is 316 g/mol. The predicted molar refractivity (Wildman–Crippen MR) is 75.5 cm³/mol. The summed E-state index contributed by atoms with van der Waals surface area (Å²) >= 11 is 0. The van der Waals surface area contributed by atoms with E-state index in [0.717, 1.165) is 0 Å². The summed E-state index contributed by atoms with van der Waals surface area (Å²) in [7, 11) is 4.31. The molecule has 1 aliphatic heterocycles. The van der Waals surface area contributed by atoms with Gasteiger partial charge in [-0.2, -0.15) is 8.78 Å². The number of benzene rings is 1. The highest BCUT2D eigenvalue weighted by Crippen LogP contribution is 2.41. The summed E-state index contributed by atoms with van der Waals surface area (Å²) in [6, 6.07) is 2.95. The highest BCUT2D eigenvalue weighted by Gasteiger charge is 2.24. The van der Waals surface area contributed by atoms with Crippen molar-refractivity contribution in [3.8, 4) is 17.2 Å². The molecule has 0 bridgehead atoms. The van der Waals surface area contributed by atoms with Gasteiger partial charge in [-0.3, -0.25) is 0 Å². The lowest BCUT2D eigenvalue weighted by Gasteiger charge is -2.16. The Morgan fingerprint density at radius 3 is 2.00 bits per heavy atom. The Balaban J connectivity index is 2.41. The molecule has 0 radical (unpaired) electrons. The van der Waals surface area contributed by atoms with Crippen molar-refractivity contribution < 1.29 is 32.5 Å². The van der Waals surface area contributed by atoms with Gasteiger partial charge in [-0.1, -0.05) is 0 Å². The van der Waals surface area contributed by atoms with E-state index in [-0.39, 0.29) is 17.6 Å². The van der Waals surface area contributed by atoms with Crippen LogP contribution in [-0.2, 0) is 9.47 Å². The quantitative estimate of drug-likeness (QED) is 0.807. The van der Waals surface area contributed by atoms with Gasteiger partial charge in [0.25, 0.3) is 6.08 Å². The smallest absolute Gasteiger partial charge is 0.274 e. The van der Waals surface area contributed by atoms with Crippen molar-refractivity contribution in [1.82, 2.24) is 0 Å². The van der Waals surface area contributed by atoms with E-state index >= 15 is 0 Å². The topological polar surface area (TPSA) is 46.2 Å². The van der Waals surface area contributed by atoms with Gasteiger partial charge in [0.1, 0.15) is 0 Å². The van der Waals surface area contributed by atoms with Crippen molar-refractivity contribution in [1.29, 1.82) is 0 Å². The van der Waals surface area contributed by atoms with Gasteiger partial charge in [-0.15, -0.1) is 0 Å². The van der Waals surface area contributed by atoms with E-state index < -0.39 is 12.4 Å². The summed E-state index contributed by atoms with van der Waals surface area (Å²) in [6.07, 6.45) is -2.52. The molecule has 1 saturated heterocycles. The van der Waals surface area contributed by atoms with E-state index in [2.05, 4.69) is 0 Å². The first kappa shape index (κ1) is 16.5. The van der Waals surface area contributed by atoms with Gasteiger partial charge in [-0.25, -0.2) is 0 Å². The van der Waals surface area contributed by atoms with Gasteiger partial charge in [0.05, 0.1) is 34.5 Å². The minimum Gasteiger partial charge on any atom is -0.493 e. The molecule has 1 fully saturated rings. The second-order valence-corrected chi connectivity index (χ2v) is 4.53. The summed E-state index contributed by atoms with van der Waals surface area (Å²) in [5, 5.41) is 0. The van der Waals surface area contributed by atoms with Crippen LogP contribution in [0, 0.1) is 0 Å². The molecule has 7 heteroatoms. The highest BCUT2D eigenvalue weighted by atomic mass is 19.3. The summed E-state index contributed by atoms with van der Waals surface area (Å²) in [5.74, 6) is 0.966. The second kappa shape index (κ2) is 7.42. The first-order chi connectivity index (χ1) is 10.6. The Labute approximate surface area is 127 Å². The fourth-order valence-corrected chi connectivity index (χ4v) is 2.25. The number of hydrogen-bond donors (Lipinski definition) is 0. The summed E-state index contributed by atoms with van der Waals surface area (Å²) < 4.78 is 52.7. The fourth-order valence-electron chi connectivity index (χ4n) is 2.25. The third-order valence-electron chi connectivity index (χ3n) is 3.30. The number of methoxy groups -OCH3 is 3. The first-order valence-corrected chi connectivity index (χ1v) is 6.68. The number of ether oxygens (including phenoxy) is 5. The van der Waals surface area contributed by atoms with E-state index in [1.165, 1.54) is 33.5 Å². The van der Waals surface area contributed by atoms with Crippen molar-refractivity contribution >= 4 is 5.57 Å². The maximum atomic E-state index is 13.3. The van der Waals surface area contributed by atoms with E-state index in [4.69, 9.17) is 23.7 Å². The van der Waals surface area contributed by atoms with E-state index in [1.807, 2.05) is 0 Å². The molecule has 122 valence electrons. The summed E-state index contributed by atoms with van der Waals surface area (Å²) in [5.41, 5.74) is 0.0970. The molecular weight excluding hydrogens is 298 g/mol. The van der Waals surface area contributed by atoms with Crippen molar-refractivity contribution in [2.45, 2.75) is 12.7 Å². The Morgan fingerprint density at radius 2 is 1.59 bits per heavy atom. The maximum absolute atomic E-state index is 13.3. The highest BCUT2D eigenvalue weighted by molar-refractivity contribution is 5.71. The molecule has 0 amide bonds. The second-order valence-electron chi connectivity index (χ2n) is 4.53. The van der Waals surface area contributed by atoms with Crippen LogP contribution >= 0.6 is 0 Å². The standard InChI is InChI=1S/C15H18F2O5/c1-18-11-6-9(7-12(19-2)14(11)20-3)10(15(16)17)8-13-21-4-5-22-13/h6-7,13H,4-5,8H2,1-3H3. The average Bonchev–Trinajstić information content (AvgIpc) is 3.03. The SMILES string of the molecule is COc1cc(C(CC2OCCO2)=C(F)F)cc(OC)c1OC. The van der Waals surface area contributed by atoms with Crippen LogP contribution in [0.5, 0.6) is 17.2 Å². The zero-order chi connectivity index (χ0) is 16.1. The number of halogens is 2. The first-order valence-electron chi connectivity index (χ1n) is 6.68. The normalized spacial score (nSPS) is 14.8. The molecule has 0 saturated carbocycles. The van der Waals surface area contributed by atoms with Crippen LogP contribution in [0.4, 0.5) is 8.78 Å². The van der Waals surface area contributed by atoms with Crippen LogP contribution in [0.25, 0.3) is 5.57 Å². The van der Waals surface area contributed by atoms with Crippen LogP contribution in [0.1, 0.15) is 12.0 Å². The minimum absolute atomic E-state index is 0.0546. The Kier molecular flexibility index (Phi) is 5.57. The molecule has 2 rings (SSSR count). The molecule has 5 nitrogen and oxygen atoms in total.